The van der Waals surface area contributed by atoms with Crippen LogP contribution in [0.1, 0.15) is 17.5 Å². The maximum atomic E-state index is 11.4. The van der Waals surface area contributed by atoms with E-state index in [1.165, 1.54) is 0 Å². The van der Waals surface area contributed by atoms with E-state index in [0.29, 0.717) is 17.8 Å². The van der Waals surface area contributed by atoms with Crippen LogP contribution in [-0.4, -0.2) is 22.6 Å². The Hall–Kier alpha value is -2.37. The molecule has 0 radical (unpaired) electrons. The second-order valence-electron chi connectivity index (χ2n) is 3.37. The summed E-state index contributed by atoms with van der Waals surface area (Å²) < 4.78 is 5.00. The number of nitrogens with zero attached hydrogens (tertiary/aromatic N) is 2. The van der Waals surface area contributed by atoms with E-state index in [1.54, 1.807) is 18.2 Å². The van der Waals surface area contributed by atoms with Crippen LogP contribution in [0.5, 0.6) is 0 Å². The number of amides is 1. The van der Waals surface area contributed by atoms with Crippen molar-refractivity contribution in [2.24, 2.45) is 0 Å². The van der Waals surface area contributed by atoms with E-state index in [-0.39, 0.29) is 17.6 Å². The van der Waals surface area contributed by atoms with Crippen molar-refractivity contribution in [1.29, 1.82) is 0 Å². The number of hydrogen-bond donors (Lipinski definition) is 2. The average Bonchev–Trinajstić information content (AvgIpc) is 2.79. The van der Waals surface area contributed by atoms with Crippen LogP contribution in [0.4, 0.5) is 5.69 Å². The number of carbonyl (C=O) groups excluding carboxylic acids is 1. The molecule has 0 aliphatic rings. The zero-order valence-corrected chi connectivity index (χ0v) is 9.30. The zero-order valence-electron chi connectivity index (χ0n) is 9.30. The van der Waals surface area contributed by atoms with E-state index in [1.807, 2.05) is 13.0 Å². The average molecular weight is 232 g/mol. The van der Waals surface area contributed by atoms with Gasteiger partial charge >= 0.3 is 0 Å². The smallest absolute Gasteiger partial charge is 0.292 e. The molecular formula is C11H12N4O2. The van der Waals surface area contributed by atoms with E-state index in [2.05, 4.69) is 15.5 Å². The number of benzene rings is 1. The largest absolute Gasteiger partial charge is 0.398 e. The molecule has 0 fully saturated rings. The summed E-state index contributed by atoms with van der Waals surface area (Å²) in [5, 5.41) is 6.18. The van der Waals surface area contributed by atoms with Gasteiger partial charge in [-0.1, -0.05) is 17.3 Å². The summed E-state index contributed by atoms with van der Waals surface area (Å²) in [5.74, 6) is -0.119. The van der Waals surface area contributed by atoms with Gasteiger partial charge in [0, 0.05) is 12.2 Å². The fourth-order valence-electron chi connectivity index (χ4n) is 1.36. The third-order valence-electron chi connectivity index (χ3n) is 2.16. The number of nitrogen functional groups attached to an aromatic ring is 1. The van der Waals surface area contributed by atoms with Crippen LogP contribution in [0.2, 0.25) is 0 Å². The van der Waals surface area contributed by atoms with Gasteiger partial charge in [0.25, 0.3) is 17.6 Å². The van der Waals surface area contributed by atoms with Crippen molar-refractivity contribution >= 4 is 11.6 Å². The van der Waals surface area contributed by atoms with Gasteiger partial charge in [-0.15, -0.1) is 0 Å². The molecule has 17 heavy (non-hydrogen) atoms. The van der Waals surface area contributed by atoms with Gasteiger partial charge in [0.2, 0.25) is 0 Å². The van der Waals surface area contributed by atoms with E-state index in [9.17, 15) is 4.79 Å². The summed E-state index contributed by atoms with van der Waals surface area (Å²) in [6.45, 7) is 2.32. The zero-order chi connectivity index (χ0) is 12.3. The molecule has 1 aromatic heterocycles. The standard InChI is InChI=1S/C11H12N4O2/c1-2-13-10(16)9-14-11(17-15-9)7-5-3-4-6-8(7)12/h3-6H,2,12H2,1H3,(H,13,16). The highest BCUT2D eigenvalue weighted by molar-refractivity contribution is 5.90. The highest BCUT2D eigenvalue weighted by atomic mass is 16.5. The van der Waals surface area contributed by atoms with Gasteiger partial charge < -0.3 is 15.6 Å². The summed E-state index contributed by atoms with van der Waals surface area (Å²) in [6.07, 6.45) is 0. The Balaban J connectivity index is 2.30. The predicted octanol–water partition coefficient (Wildman–Crippen LogP) is 1.07. The minimum Gasteiger partial charge on any atom is -0.398 e. The lowest BCUT2D eigenvalue weighted by atomic mass is 10.2. The van der Waals surface area contributed by atoms with Gasteiger partial charge in [0.15, 0.2) is 0 Å². The SMILES string of the molecule is CCNC(=O)c1noc(-c2ccccc2N)n1. The molecule has 1 heterocycles. The van der Waals surface area contributed by atoms with E-state index in [4.69, 9.17) is 10.3 Å². The predicted molar refractivity (Wildman–Crippen MR) is 62.2 cm³/mol. The molecule has 0 saturated heterocycles. The maximum Gasteiger partial charge on any atom is 0.292 e. The van der Waals surface area contributed by atoms with Crippen LogP contribution in [0.15, 0.2) is 28.8 Å². The molecule has 0 atom stereocenters. The molecule has 0 spiro atoms. The molecule has 1 amide bonds. The summed E-state index contributed by atoms with van der Waals surface area (Å²) in [4.78, 5) is 15.4. The second kappa shape index (κ2) is 4.65. The lowest BCUT2D eigenvalue weighted by Crippen LogP contribution is -2.23. The van der Waals surface area contributed by atoms with Gasteiger partial charge in [-0.3, -0.25) is 4.79 Å². The van der Waals surface area contributed by atoms with E-state index < -0.39 is 0 Å². The number of nitrogens with one attached hydrogen (secondary N) is 1. The Bertz CT molecular complexity index is 536. The number of hydrogen-bond acceptors (Lipinski definition) is 5. The number of nitrogens with two attached hydrogens (primary N) is 1. The highest BCUT2D eigenvalue weighted by Gasteiger charge is 2.15. The third kappa shape index (κ3) is 2.25. The number of carbonyl (C=O) groups is 1. The molecular weight excluding hydrogens is 220 g/mol. The second-order valence-corrected chi connectivity index (χ2v) is 3.37. The number of para-hydroxylation sites is 1. The molecule has 2 rings (SSSR count). The molecule has 0 aliphatic heterocycles. The Morgan fingerprint density at radius 3 is 2.94 bits per heavy atom. The van der Waals surface area contributed by atoms with E-state index in [0.717, 1.165) is 0 Å². The quantitative estimate of drug-likeness (QED) is 0.772. The monoisotopic (exact) mass is 232 g/mol. The van der Waals surface area contributed by atoms with Crippen LogP contribution in [-0.2, 0) is 0 Å². The van der Waals surface area contributed by atoms with Crippen molar-refractivity contribution in [2.75, 3.05) is 12.3 Å². The van der Waals surface area contributed by atoms with Crippen LogP contribution in [0.25, 0.3) is 11.5 Å². The Morgan fingerprint density at radius 2 is 2.24 bits per heavy atom. The highest BCUT2D eigenvalue weighted by Crippen LogP contribution is 2.23. The van der Waals surface area contributed by atoms with Crippen LogP contribution in [0.3, 0.4) is 0 Å². The molecule has 6 heteroatoms. The number of aromatic nitrogens is 2. The normalized spacial score (nSPS) is 10.2. The summed E-state index contributed by atoms with van der Waals surface area (Å²) in [5.41, 5.74) is 6.92. The summed E-state index contributed by atoms with van der Waals surface area (Å²) in [6, 6.07) is 7.09. The van der Waals surface area contributed by atoms with E-state index >= 15 is 0 Å². The molecule has 3 N–H and O–H groups in total. The first-order valence-electron chi connectivity index (χ1n) is 5.19. The minimum absolute atomic E-state index is 0.00473. The van der Waals surface area contributed by atoms with Crippen molar-refractivity contribution < 1.29 is 9.32 Å². The Morgan fingerprint density at radius 1 is 1.47 bits per heavy atom. The van der Waals surface area contributed by atoms with Crippen molar-refractivity contribution in [1.82, 2.24) is 15.5 Å². The number of anilines is 1. The van der Waals surface area contributed by atoms with Crippen LogP contribution < -0.4 is 11.1 Å². The topological polar surface area (TPSA) is 94.0 Å². The van der Waals surface area contributed by atoms with Gasteiger partial charge in [-0.25, -0.2) is 0 Å². The number of rotatable bonds is 3. The molecule has 0 unspecified atom stereocenters. The van der Waals surface area contributed by atoms with Crippen LogP contribution >= 0.6 is 0 Å². The third-order valence-corrected chi connectivity index (χ3v) is 2.16. The first-order valence-corrected chi connectivity index (χ1v) is 5.19. The van der Waals surface area contributed by atoms with Gasteiger partial charge in [-0.2, -0.15) is 4.98 Å². The maximum absolute atomic E-state index is 11.4. The molecule has 0 saturated carbocycles. The van der Waals surface area contributed by atoms with Gasteiger partial charge in [0.1, 0.15) is 0 Å². The Kier molecular flexibility index (Phi) is 3.04. The molecule has 0 bridgehead atoms. The summed E-state index contributed by atoms with van der Waals surface area (Å²) in [7, 11) is 0. The molecule has 0 aliphatic carbocycles. The first-order chi connectivity index (χ1) is 8.22. The molecule has 1 aromatic carbocycles. The molecule has 88 valence electrons. The van der Waals surface area contributed by atoms with Crippen molar-refractivity contribution in [3.63, 3.8) is 0 Å². The lowest BCUT2D eigenvalue weighted by Gasteiger charge is -1.97. The molecule has 6 nitrogen and oxygen atoms in total. The minimum atomic E-state index is -0.364. The van der Waals surface area contributed by atoms with Crippen molar-refractivity contribution in [3.05, 3.63) is 30.1 Å². The fourth-order valence-corrected chi connectivity index (χ4v) is 1.36. The Labute approximate surface area is 97.8 Å². The lowest BCUT2D eigenvalue weighted by molar-refractivity contribution is 0.0942. The van der Waals surface area contributed by atoms with Crippen molar-refractivity contribution in [3.8, 4) is 11.5 Å². The van der Waals surface area contributed by atoms with Gasteiger partial charge in [0.05, 0.1) is 5.56 Å². The van der Waals surface area contributed by atoms with Crippen molar-refractivity contribution in [2.45, 2.75) is 6.92 Å². The first kappa shape index (κ1) is 11.1. The molecule has 2 aromatic rings. The fraction of sp³-hybridized carbons (Fsp3) is 0.182. The summed E-state index contributed by atoms with van der Waals surface area (Å²) >= 11 is 0. The van der Waals surface area contributed by atoms with Crippen LogP contribution in [0, 0.1) is 0 Å². The van der Waals surface area contributed by atoms with Gasteiger partial charge in [-0.05, 0) is 19.1 Å².